The summed E-state index contributed by atoms with van der Waals surface area (Å²) in [7, 11) is 0. The number of rotatable bonds is 3. The van der Waals surface area contributed by atoms with Crippen molar-refractivity contribution in [2.45, 2.75) is 44.1 Å². The van der Waals surface area contributed by atoms with Gasteiger partial charge in [0.15, 0.2) is 0 Å². The van der Waals surface area contributed by atoms with Crippen LogP contribution in [-0.2, 0) is 4.79 Å². The summed E-state index contributed by atoms with van der Waals surface area (Å²) in [6.45, 7) is 3.10. The molecule has 1 aromatic carbocycles. The van der Waals surface area contributed by atoms with Crippen molar-refractivity contribution in [3.05, 3.63) is 60.4 Å². The first kappa shape index (κ1) is 16.8. The zero-order valence-electron chi connectivity index (χ0n) is 15.8. The Morgan fingerprint density at radius 3 is 2.33 bits per heavy atom. The van der Waals surface area contributed by atoms with E-state index >= 15 is 0 Å². The minimum atomic E-state index is 0.0352. The van der Waals surface area contributed by atoms with Crippen molar-refractivity contribution in [2.24, 2.45) is 5.41 Å². The zero-order valence-corrected chi connectivity index (χ0v) is 15.8. The first-order valence-electron chi connectivity index (χ1n) is 10.2. The van der Waals surface area contributed by atoms with Crippen molar-refractivity contribution >= 4 is 11.6 Å². The Morgan fingerprint density at radius 1 is 0.963 bits per heavy atom. The second-order valence-corrected chi connectivity index (χ2v) is 8.56. The maximum absolute atomic E-state index is 13.2. The van der Waals surface area contributed by atoms with Gasteiger partial charge in [0.1, 0.15) is 0 Å². The van der Waals surface area contributed by atoms with E-state index in [9.17, 15) is 4.79 Å². The summed E-state index contributed by atoms with van der Waals surface area (Å²) in [5.74, 6) is 0.402. The van der Waals surface area contributed by atoms with E-state index in [-0.39, 0.29) is 11.3 Å². The molecule has 3 fully saturated rings. The number of piperidine rings is 2. The number of hydrogen-bond acceptors (Lipinski definition) is 3. The summed E-state index contributed by atoms with van der Waals surface area (Å²) in [6, 6.07) is 15.2. The number of anilines is 1. The van der Waals surface area contributed by atoms with Gasteiger partial charge in [-0.3, -0.25) is 9.78 Å². The molecule has 0 N–H and O–H groups in total. The Balaban J connectivity index is 1.38. The molecule has 0 radical (unpaired) electrons. The minimum absolute atomic E-state index is 0.0352. The fourth-order valence-corrected chi connectivity index (χ4v) is 5.02. The molecule has 5 rings (SSSR count). The fraction of sp³-hybridized carbons (Fsp3) is 0.478. The highest BCUT2D eigenvalue weighted by Crippen LogP contribution is 2.48. The molecule has 2 aliphatic heterocycles. The topological polar surface area (TPSA) is 36.4 Å². The molecule has 0 bridgehead atoms. The third-order valence-electron chi connectivity index (χ3n) is 6.77. The van der Waals surface area contributed by atoms with E-state index < -0.39 is 0 Å². The van der Waals surface area contributed by atoms with Gasteiger partial charge >= 0.3 is 0 Å². The first-order valence-corrected chi connectivity index (χ1v) is 10.2. The van der Waals surface area contributed by atoms with Crippen LogP contribution in [0.4, 0.5) is 5.69 Å². The van der Waals surface area contributed by atoms with Gasteiger partial charge in [0.25, 0.3) is 0 Å². The van der Waals surface area contributed by atoms with Crippen molar-refractivity contribution in [2.75, 3.05) is 24.5 Å². The molecule has 1 aliphatic carbocycles. The van der Waals surface area contributed by atoms with Crippen LogP contribution in [-0.4, -0.2) is 41.5 Å². The van der Waals surface area contributed by atoms with Gasteiger partial charge in [-0.25, -0.2) is 0 Å². The van der Waals surface area contributed by atoms with Crippen molar-refractivity contribution < 1.29 is 4.79 Å². The molecule has 0 unspecified atom stereocenters. The quantitative estimate of drug-likeness (QED) is 0.833. The van der Waals surface area contributed by atoms with E-state index in [2.05, 4.69) is 51.2 Å². The standard InChI is InChI=1S/C23H27N3O/c27-22-21(18-4-2-1-3-5-18)16-23(17-26(22)20-6-7-20)10-14-25(15-11-23)19-8-12-24-13-9-19/h1-5,8-9,12-13,20-21H,6-7,10-11,14-17H2/t21-/m0/s1. The number of pyridine rings is 1. The number of hydrogen-bond donors (Lipinski definition) is 0. The molecule has 1 spiro atoms. The SMILES string of the molecule is O=C1[C@H](c2ccccc2)CC2(CCN(c3ccncc3)CC2)CN1C1CC1. The monoisotopic (exact) mass is 361 g/mol. The van der Waals surface area contributed by atoms with Crippen molar-refractivity contribution in [3.8, 4) is 0 Å². The lowest BCUT2D eigenvalue weighted by molar-refractivity contribution is -0.141. The third-order valence-corrected chi connectivity index (χ3v) is 6.77. The van der Waals surface area contributed by atoms with Crippen LogP contribution in [0.25, 0.3) is 0 Å². The normalized spacial score (nSPS) is 25.0. The molecular formula is C23H27N3O. The Morgan fingerprint density at radius 2 is 1.67 bits per heavy atom. The predicted molar refractivity (Wildman–Crippen MR) is 107 cm³/mol. The van der Waals surface area contributed by atoms with E-state index in [1.807, 2.05) is 18.5 Å². The van der Waals surface area contributed by atoms with Gasteiger partial charge in [0, 0.05) is 43.8 Å². The summed E-state index contributed by atoms with van der Waals surface area (Å²) in [4.78, 5) is 22.1. The summed E-state index contributed by atoms with van der Waals surface area (Å²) < 4.78 is 0. The number of amides is 1. The van der Waals surface area contributed by atoms with Crippen molar-refractivity contribution in [3.63, 3.8) is 0 Å². The molecular weight excluding hydrogens is 334 g/mol. The number of aromatic nitrogens is 1. The predicted octanol–water partition coefficient (Wildman–Crippen LogP) is 3.85. The maximum atomic E-state index is 13.2. The molecule has 2 aromatic rings. The maximum Gasteiger partial charge on any atom is 0.230 e. The van der Waals surface area contributed by atoms with Crippen molar-refractivity contribution in [1.29, 1.82) is 0 Å². The second kappa shape index (κ2) is 6.66. The molecule has 140 valence electrons. The molecule has 4 heteroatoms. The lowest BCUT2D eigenvalue weighted by Gasteiger charge is -2.50. The van der Waals surface area contributed by atoms with E-state index in [0.717, 1.165) is 38.9 Å². The summed E-state index contributed by atoms with van der Waals surface area (Å²) >= 11 is 0. The average Bonchev–Trinajstić information content (AvgIpc) is 3.57. The van der Waals surface area contributed by atoms with Gasteiger partial charge in [-0.2, -0.15) is 0 Å². The third kappa shape index (κ3) is 3.22. The van der Waals surface area contributed by atoms with Gasteiger partial charge in [-0.05, 0) is 55.2 Å². The Hall–Kier alpha value is -2.36. The highest BCUT2D eigenvalue weighted by Gasteiger charge is 2.49. The minimum Gasteiger partial charge on any atom is -0.371 e. The molecule has 1 atom stereocenters. The van der Waals surface area contributed by atoms with Crippen LogP contribution >= 0.6 is 0 Å². The van der Waals surface area contributed by atoms with Gasteiger partial charge < -0.3 is 9.80 Å². The molecule has 3 heterocycles. The van der Waals surface area contributed by atoms with Crippen molar-refractivity contribution in [1.82, 2.24) is 9.88 Å². The van der Waals surface area contributed by atoms with Gasteiger partial charge in [-0.15, -0.1) is 0 Å². The van der Waals surface area contributed by atoms with Crippen LogP contribution in [0.15, 0.2) is 54.9 Å². The highest BCUT2D eigenvalue weighted by molar-refractivity contribution is 5.85. The molecule has 2 saturated heterocycles. The number of nitrogens with zero attached hydrogens (tertiary/aromatic N) is 3. The van der Waals surface area contributed by atoms with E-state index in [1.165, 1.54) is 24.1 Å². The summed E-state index contributed by atoms with van der Waals surface area (Å²) in [6.07, 6.45) is 9.45. The Bertz CT molecular complexity index is 795. The van der Waals surface area contributed by atoms with Crippen LogP contribution in [0.2, 0.25) is 0 Å². The van der Waals surface area contributed by atoms with E-state index in [1.54, 1.807) is 0 Å². The summed E-state index contributed by atoms with van der Waals surface area (Å²) in [5.41, 5.74) is 2.73. The van der Waals surface area contributed by atoms with Gasteiger partial charge in [-0.1, -0.05) is 30.3 Å². The lowest BCUT2D eigenvalue weighted by Crippen LogP contribution is -2.54. The number of likely N-dealkylation sites (tertiary alicyclic amines) is 1. The smallest absolute Gasteiger partial charge is 0.230 e. The molecule has 4 nitrogen and oxygen atoms in total. The number of carbonyl (C=O) groups is 1. The van der Waals surface area contributed by atoms with Crippen LogP contribution < -0.4 is 4.90 Å². The van der Waals surface area contributed by atoms with Crippen LogP contribution in [0.1, 0.15) is 43.6 Å². The second-order valence-electron chi connectivity index (χ2n) is 8.56. The van der Waals surface area contributed by atoms with Crippen LogP contribution in [0.3, 0.4) is 0 Å². The summed E-state index contributed by atoms with van der Waals surface area (Å²) in [5, 5.41) is 0. The Kier molecular flexibility index (Phi) is 4.14. The van der Waals surface area contributed by atoms with Crippen LogP contribution in [0.5, 0.6) is 0 Å². The lowest BCUT2D eigenvalue weighted by atomic mass is 9.67. The highest BCUT2D eigenvalue weighted by atomic mass is 16.2. The fourth-order valence-electron chi connectivity index (χ4n) is 5.02. The van der Waals surface area contributed by atoms with Gasteiger partial charge in [0.2, 0.25) is 5.91 Å². The van der Waals surface area contributed by atoms with E-state index in [4.69, 9.17) is 0 Å². The molecule has 3 aliphatic rings. The van der Waals surface area contributed by atoms with Gasteiger partial charge in [0.05, 0.1) is 5.92 Å². The zero-order chi connectivity index (χ0) is 18.3. The first-order chi connectivity index (χ1) is 13.2. The molecule has 1 amide bonds. The number of carbonyl (C=O) groups excluding carboxylic acids is 1. The van der Waals surface area contributed by atoms with Crippen LogP contribution in [0, 0.1) is 5.41 Å². The molecule has 1 saturated carbocycles. The average molecular weight is 361 g/mol. The molecule has 27 heavy (non-hydrogen) atoms. The largest absolute Gasteiger partial charge is 0.371 e. The Labute approximate surface area is 161 Å². The van der Waals surface area contributed by atoms with E-state index in [0.29, 0.717) is 11.9 Å². The molecule has 1 aromatic heterocycles. The number of benzene rings is 1.